The van der Waals surface area contributed by atoms with Crippen LogP contribution in [0.2, 0.25) is 0 Å². The van der Waals surface area contributed by atoms with Gasteiger partial charge < -0.3 is 4.74 Å². The van der Waals surface area contributed by atoms with Crippen molar-refractivity contribution in [3.05, 3.63) is 85.4 Å². The highest BCUT2D eigenvalue weighted by Crippen LogP contribution is 2.41. The number of hydrogen-bond donors (Lipinski definition) is 1. The van der Waals surface area contributed by atoms with Gasteiger partial charge in [-0.05, 0) is 23.6 Å². The van der Waals surface area contributed by atoms with Crippen LogP contribution in [0, 0.1) is 27.2 Å². The van der Waals surface area contributed by atoms with E-state index in [4.69, 9.17) is 4.74 Å². The molecule has 28 heavy (non-hydrogen) atoms. The van der Waals surface area contributed by atoms with E-state index in [9.17, 15) is 25.0 Å². The van der Waals surface area contributed by atoms with Crippen molar-refractivity contribution in [1.82, 2.24) is 5.32 Å². The van der Waals surface area contributed by atoms with Crippen molar-refractivity contribution in [2.45, 2.75) is 31.0 Å². The van der Waals surface area contributed by atoms with Crippen LogP contribution in [-0.4, -0.2) is 35.0 Å². The Morgan fingerprint density at radius 1 is 1.07 bits per heavy atom. The van der Waals surface area contributed by atoms with E-state index in [0.717, 1.165) is 11.1 Å². The standard InChI is InChI=1S/C19H19N3O6/c1-11-5-3-4-6-14(11)16-18(22(26)27)15(17(20-16)19(23)28-2)12-7-9-13(10-8-12)21(24)25/h3-10,15-18,20H,1-2H3/t15-,16-,17-,18+/m1/s1. The van der Waals surface area contributed by atoms with E-state index in [1.807, 2.05) is 19.1 Å². The average molecular weight is 385 g/mol. The third kappa shape index (κ3) is 3.44. The number of rotatable bonds is 5. The summed E-state index contributed by atoms with van der Waals surface area (Å²) in [5.74, 6) is -1.46. The molecule has 146 valence electrons. The van der Waals surface area contributed by atoms with E-state index >= 15 is 0 Å². The third-order valence-corrected chi connectivity index (χ3v) is 5.14. The summed E-state index contributed by atoms with van der Waals surface area (Å²) in [6.07, 6.45) is 0. The largest absolute Gasteiger partial charge is 0.468 e. The highest BCUT2D eigenvalue weighted by Gasteiger charge is 2.55. The summed E-state index contributed by atoms with van der Waals surface area (Å²) in [6.45, 7) is 1.85. The Morgan fingerprint density at radius 3 is 2.25 bits per heavy atom. The molecule has 0 amide bonds. The van der Waals surface area contributed by atoms with Crippen molar-refractivity contribution in [2.24, 2.45) is 0 Å². The Labute approximate surface area is 160 Å². The van der Waals surface area contributed by atoms with Crippen LogP contribution in [0.15, 0.2) is 48.5 Å². The number of methoxy groups -OCH3 is 1. The maximum absolute atomic E-state index is 12.4. The topological polar surface area (TPSA) is 125 Å². The Morgan fingerprint density at radius 2 is 1.71 bits per heavy atom. The van der Waals surface area contributed by atoms with Gasteiger partial charge in [-0.15, -0.1) is 0 Å². The SMILES string of the molecule is COC(=O)[C@@H]1N[C@H](c2ccccc2C)[C@@H]([N+](=O)[O-])[C@@H]1c1ccc([N+](=O)[O-])cc1. The number of aryl methyl sites for hydroxylation is 1. The lowest BCUT2D eigenvalue weighted by molar-refractivity contribution is -0.527. The molecule has 0 unspecified atom stereocenters. The molecule has 0 aliphatic carbocycles. The fourth-order valence-electron chi connectivity index (χ4n) is 3.81. The van der Waals surface area contributed by atoms with E-state index in [1.165, 1.54) is 31.4 Å². The molecular weight excluding hydrogens is 366 g/mol. The van der Waals surface area contributed by atoms with Crippen molar-refractivity contribution in [3.8, 4) is 0 Å². The van der Waals surface area contributed by atoms with Crippen LogP contribution >= 0.6 is 0 Å². The van der Waals surface area contributed by atoms with Gasteiger partial charge >= 0.3 is 5.97 Å². The van der Waals surface area contributed by atoms with Crippen LogP contribution in [0.4, 0.5) is 5.69 Å². The molecule has 1 saturated heterocycles. The van der Waals surface area contributed by atoms with E-state index in [-0.39, 0.29) is 5.69 Å². The first-order chi connectivity index (χ1) is 13.3. The number of nitrogens with zero attached hydrogens (tertiary/aromatic N) is 2. The first kappa shape index (κ1) is 19.4. The minimum atomic E-state index is -1.15. The number of ether oxygens (including phenoxy) is 1. The molecule has 1 aliphatic heterocycles. The van der Waals surface area contributed by atoms with Gasteiger partial charge in [-0.1, -0.05) is 36.4 Å². The summed E-state index contributed by atoms with van der Waals surface area (Å²) in [7, 11) is 1.22. The summed E-state index contributed by atoms with van der Waals surface area (Å²) in [5, 5.41) is 26.0. The number of benzene rings is 2. The molecule has 9 nitrogen and oxygen atoms in total. The number of nitro benzene ring substituents is 1. The molecule has 0 saturated carbocycles. The van der Waals surface area contributed by atoms with Gasteiger partial charge in [0.2, 0.25) is 6.04 Å². The maximum atomic E-state index is 12.4. The fourth-order valence-corrected chi connectivity index (χ4v) is 3.81. The minimum absolute atomic E-state index is 0.127. The average Bonchev–Trinajstić information content (AvgIpc) is 3.08. The predicted octanol–water partition coefficient (Wildman–Crippen LogP) is 2.52. The van der Waals surface area contributed by atoms with Crippen LogP contribution < -0.4 is 5.32 Å². The molecule has 2 aromatic rings. The van der Waals surface area contributed by atoms with Gasteiger partial charge in [-0.3, -0.25) is 30.3 Å². The van der Waals surface area contributed by atoms with Gasteiger partial charge in [0.05, 0.1) is 18.0 Å². The van der Waals surface area contributed by atoms with E-state index in [2.05, 4.69) is 5.32 Å². The first-order valence-electron chi connectivity index (χ1n) is 8.62. The monoisotopic (exact) mass is 385 g/mol. The molecule has 2 aromatic carbocycles. The van der Waals surface area contributed by atoms with Crippen molar-refractivity contribution in [1.29, 1.82) is 0 Å². The van der Waals surface area contributed by atoms with Crippen LogP contribution in [0.1, 0.15) is 28.7 Å². The summed E-state index contributed by atoms with van der Waals surface area (Å²) >= 11 is 0. The van der Waals surface area contributed by atoms with Gasteiger partial charge in [-0.25, -0.2) is 0 Å². The van der Waals surface area contributed by atoms with Gasteiger partial charge in [0.15, 0.2) is 0 Å². The first-order valence-corrected chi connectivity index (χ1v) is 8.62. The predicted molar refractivity (Wildman–Crippen MR) is 99.5 cm³/mol. The molecule has 1 N–H and O–H groups in total. The Hall–Kier alpha value is -3.33. The molecule has 3 rings (SSSR count). The lowest BCUT2D eigenvalue weighted by Gasteiger charge is -2.19. The molecule has 0 spiro atoms. The molecular formula is C19H19N3O6. The van der Waals surface area contributed by atoms with Crippen molar-refractivity contribution in [3.63, 3.8) is 0 Å². The van der Waals surface area contributed by atoms with E-state index in [0.29, 0.717) is 5.56 Å². The molecule has 9 heteroatoms. The molecule has 0 aromatic heterocycles. The number of esters is 1. The van der Waals surface area contributed by atoms with Gasteiger partial charge in [0, 0.05) is 17.1 Å². The zero-order valence-corrected chi connectivity index (χ0v) is 15.3. The number of carbonyl (C=O) groups excluding carboxylic acids is 1. The summed E-state index contributed by atoms with van der Waals surface area (Å²) < 4.78 is 4.86. The second kappa shape index (κ2) is 7.73. The number of carbonyl (C=O) groups is 1. The lowest BCUT2D eigenvalue weighted by atomic mass is 9.84. The molecule has 1 aliphatic rings. The highest BCUT2D eigenvalue weighted by atomic mass is 16.6. The van der Waals surface area contributed by atoms with Crippen molar-refractivity contribution in [2.75, 3.05) is 7.11 Å². The molecule has 0 bridgehead atoms. The van der Waals surface area contributed by atoms with Gasteiger partial charge in [0.25, 0.3) is 5.69 Å². The molecule has 0 radical (unpaired) electrons. The van der Waals surface area contributed by atoms with Crippen molar-refractivity contribution >= 4 is 11.7 Å². The molecule has 1 heterocycles. The van der Waals surface area contributed by atoms with Crippen LogP contribution in [0.3, 0.4) is 0 Å². The highest BCUT2D eigenvalue weighted by molar-refractivity contribution is 5.78. The number of non-ortho nitro benzene ring substituents is 1. The summed E-state index contributed by atoms with van der Waals surface area (Å²) in [6, 6.07) is 9.92. The minimum Gasteiger partial charge on any atom is -0.468 e. The second-order valence-corrected chi connectivity index (χ2v) is 6.65. The Balaban J connectivity index is 2.10. The summed E-state index contributed by atoms with van der Waals surface area (Å²) in [4.78, 5) is 34.4. The Bertz CT molecular complexity index is 914. The number of hydrogen-bond acceptors (Lipinski definition) is 7. The van der Waals surface area contributed by atoms with Crippen LogP contribution in [0.5, 0.6) is 0 Å². The Kier molecular flexibility index (Phi) is 5.36. The molecule has 1 fully saturated rings. The second-order valence-electron chi connectivity index (χ2n) is 6.65. The molecule has 4 atom stereocenters. The summed E-state index contributed by atoms with van der Waals surface area (Å²) in [5.41, 5.74) is 1.92. The van der Waals surface area contributed by atoms with E-state index < -0.39 is 39.9 Å². The van der Waals surface area contributed by atoms with Crippen LogP contribution in [-0.2, 0) is 9.53 Å². The third-order valence-electron chi connectivity index (χ3n) is 5.14. The van der Waals surface area contributed by atoms with Crippen LogP contribution in [0.25, 0.3) is 0 Å². The lowest BCUT2D eigenvalue weighted by Crippen LogP contribution is -2.37. The smallest absolute Gasteiger partial charge is 0.323 e. The quantitative estimate of drug-likeness (QED) is 0.476. The van der Waals surface area contributed by atoms with Gasteiger partial charge in [-0.2, -0.15) is 0 Å². The number of nitro groups is 2. The zero-order chi connectivity index (χ0) is 20.4. The maximum Gasteiger partial charge on any atom is 0.323 e. The van der Waals surface area contributed by atoms with Gasteiger partial charge in [0.1, 0.15) is 12.1 Å². The van der Waals surface area contributed by atoms with Crippen molar-refractivity contribution < 1.29 is 19.4 Å². The van der Waals surface area contributed by atoms with E-state index in [1.54, 1.807) is 12.1 Å². The number of nitrogens with one attached hydrogen (secondary N) is 1. The normalized spacial score (nSPS) is 23.9. The zero-order valence-electron chi connectivity index (χ0n) is 15.3. The fraction of sp³-hybridized carbons (Fsp3) is 0.316.